The minimum Gasteiger partial charge on any atom is -0.497 e. The smallest absolute Gasteiger partial charge is 0.255 e. The van der Waals surface area contributed by atoms with Crippen molar-refractivity contribution < 1.29 is 14.3 Å². The number of anilines is 4. The lowest BCUT2D eigenvalue weighted by Crippen LogP contribution is -2.12. The molecule has 0 bridgehead atoms. The number of amides is 2. The van der Waals surface area contributed by atoms with Gasteiger partial charge in [-0.1, -0.05) is 17.7 Å². The van der Waals surface area contributed by atoms with Crippen molar-refractivity contribution >= 4 is 46.4 Å². The number of nitrogens with one attached hydrogen (secondary N) is 3. The molecule has 0 unspecified atom stereocenters. The van der Waals surface area contributed by atoms with Crippen molar-refractivity contribution in [3.8, 4) is 17.0 Å². The highest BCUT2D eigenvalue weighted by Crippen LogP contribution is 2.34. The number of fused-ring (bicyclic) bond motifs is 3. The van der Waals surface area contributed by atoms with Gasteiger partial charge < -0.3 is 20.7 Å². The molecule has 9 heteroatoms. The first-order chi connectivity index (χ1) is 17.0. The summed E-state index contributed by atoms with van der Waals surface area (Å²) in [6.45, 7) is 0. The second-order valence-electron chi connectivity index (χ2n) is 7.87. The summed E-state index contributed by atoms with van der Waals surface area (Å²) in [5.41, 5.74) is 4.60. The third kappa shape index (κ3) is 4.92. The van der Waals surface area contributed by atoms with Crippen LogP contribution in [-0.4, -0.2) is 28.9 Å². The Morgan fingerprint density at radius 2 is 1.89 bits per heavy atom. The zero-order valence-electron chi connectivity index (χ0n) is 18.6. The predicted octanol–water partition coefficient (Wildman–Crippen LogP) is 5.30. The van der Waals surface area contributed by atoms with Gasteiger partial charge in [0.1, 0.15) is 5.75 Å². The fourth-order valence-corrected chi connectivity index (χ4v) is 3.93. The zero-order valence-corrected chi connectivity index (χ0v) is 19.4. The van der Waals surface area contributed by atoms with Gasteiger partial charge in [0.25, 0.3) is 5.91 Å². The Morgan fingerprint density at radius 1 is 1.06 bits per heavy atom. The largest absolute Gasteiger partial charge is 0.497 e. The van der Waals surface area contributed by atoms with Gasteiger partial charge in [-0.15, -0.1) is 0 Å². The first-order valence-corrected chi connectivity index (χ1v) is 11.1. The van der Waals surface area contributed by atoms with Gasteiger partial charge in [-0.05, 0) is 54.6 Å². The molecule has 0 atom stereocenters. The molecule has 174 valence electrons. The summed E-state index contributed by atoms with van der Waals surface area (Å²) in [6, 6.07) is 19.4. The van der Waals surface area contributed by atoms with Crippen LogP contribution in [0.1, 0.15) is 15.9 Å². The van der Waals surface area contributed by atoms with Crippen LogP contribution in [0.15, 0.2) is 72.9 Å². The Kier molecular flexibility index (Phi) is 6.03. The Hall–Kier alpha value is -4.43. The summed E-state index contributed by atoms with van der Waals surface area (Å²) in [5.74, 6) is 0.638. The van der Waals surface area contributed by atoms with E-state index in [9.17, 15) is 9.59 Å². The van der Waals surface area contributed by atoms with Crippen molar-refractivity contribution in [1.29, 1.82) is 0 Å². The fourth-order valence-electron chi connectivity index (χ4n) is 3.76. The lowest BCUT2D eigenvalue weighted by molar-refractivity contribution is -0.115. The van der Waals surface area contributed by atoms with E-state index in [0.717, 1.165) is 11.1 Å². The summed E-state index contributed by atoms with van der Waals surface area (Å²) >= 11 is 6.11. The molecule has 0 radical (unpaired) electrons. The van der Waals surface area contributed by atoms with Crippen LogP contribution in [-0.2, 0) is 11.2 Å². The van der Waals surface area contributed by atoms with E-state index < -0.39 is 0 Å². The van der Waals surface area contributed by atoms with Crippen molar-refractivity contribution in [3.63, 3.8) is 0 Å². The number of benzene rings is 3. The molecule has 2 heterocycles. The van der Waals surface area contributed by atoms with Crippen LogP contribution in [0.2, 0.25) is 5.02 Å². The van der Waals surface area contributed by atoms with Gasteiger partial charge in [0, 0.05) is 45.4 Å². The van der Waals surface area contributed by atoms with Crippen LogP contribution in [0.5, 0.6) is 5.75 Å². The van der Waals surface area contributed by atoms with Gasteiger partial charge >= 0.3 is 0 Å². The molecule has 1 aliphatic rings. The second-order valence-corrected chi connectivity index (χ2v) is 8.31. The maximum Gasteiger partial charge on any atom is 0.255 e. The number of aromatic nitrogens is 2. The molecule has 4 aromatic rings. The van der Waals surface area contributed by atoms with Gasteiger partial charge in [0.05, 0.1) is 24.9 Å². The molecule has 0 spiro atoms. The maximum absolute atomic E-state index is 12.6. The first-order valence-electron chi connectivity index (χ1n) is 10.8. The average Bonchev–Trinajstić information content (AvgIpc) is 2.99. The molecule has 3 aromatic carbocycles. The minimum absolute atomic E-state index is 0.153. The summed E-state index contributed by atoms with van der Waals surface area (Å²) in [7, 11) is 1.57. The van der Waals surface area contributed by atoms with Gasteiger partial charge in [0.2, 0.25) is 11.9 Å². The van der Waals surface area contributed by atoms with E-state index in [1.54, 1.807) is 67.9 Å². The van der Waals surface area contributed by atoms with Gasteiger partial charge in [0.15, 0.2) is 0 Å². The number of halogens is 1. The fraction of sp³-hybridized carbons (Fsp3) is 0.0769. The van der Waals surface area contributed by atoms with Crippen molar-refractivity contribution in [2.75, 3.05) is 23.1 Å². The molecule has 1 aromatic heterocycles. The van der Waals surface area contributed by atoms with E-state index >= 15 is 0 Å². The normalized spacial score (nSPS) is 12.0. The molecule has 0 saturated carbocycles. The molecule has 0 aliphatic carbocycles. The predicted molar refractivity (Wildman–Crippen MR) is 135 cm³/mol. The first kappa shape index (κ1) is 22.4. The van der Waals surface area contributed by atoms with Gasteiger partial charge in [-0.2, -0.15) is 0 Å². The molecular weight excluding hydrogens is 466 g/mol. The lowest BCUT2D eigenvalue weighted by Gasteiger charge is -2.11. The number of ether oxygens (including phenoxy) is 1. The number of carbonyl (C=O) groups is 2. The average molecular weight is 486 g/mol. The number of methoxy groups -OCH3 is 1. The molecule has 35 heavy (non-hydrogen) atoms. The van der Waals surface area contributed by atoms with Crippen molar-refractivity contribution in [2.24, 2.45) is 0 Å². The Morgan fingerprint density at radius 3 is 2.69 bits per heavy atom. The highest BCUT2D eigenvalue weighted by molar-refractivity contribution is 6.31. The Balaban J connectivity index is 1.34. The monoisotopic (exact) mass is 485 g/mol. The van der Waals surface area contributed by atoms with Crippen LogP contribution >= 0.6 is 11.6 Å². The molecule has 2 amide bonds. The minimum atomic E-state index is -0.237. The van der Waals surface area contributed by atoms with Crippen molar-refractivity contribution in [1.82, 2.24) is 9.97 Å². The third-order valence-electron chi connectivity index (χ3n) is 5.46. The quantitative estimate of drug-likeness (QED) is 0.354. The Labute approximate surface area is 206 Å². The molecular formula is C26H20ClN5O3. The molecule has 8 nitrogen and oxygen atoms in total. The van der Waals surface area contributed by atoms with Crippen LogP contribution in [0.25, 0.3) is 11.3 Å². The van der Waals surface area contributed by atoms with Crippen LogP contribution in [0.3, 0.4) is 0 Å². The molecule has 0 fully saturated rings. The van der Waals surface area contributed by atoms with Crippen LogP contribution in [0.4, 0.5) is 23.0 Å². The summed E-state index contributed by atoms with van der Waals surface area (Å²) in [5, 5.41) is 9.40. The van der Waals surface area contributed by atoms with E-state index in [-0.39, 0.29) is 18.2 Å². The molecule has 0 saturated heterocycles. The number of hydrogen-bond acceptors (Lipinski definition) is 6. The second kappa shape index (κ2) is 9.44. The highest BCUT2D eigenvalue weighted by atomic mass is 35.5. The van der Waals surface area contributed by atoms with Crippen LogP contribution in [0, 0.1) is 0 Å². The van der Waals surface area contributed by atoms with E-state index in [0.29, 0.717) is 45.0 Å². The molecule has 1 aliphatic heterocycles. The zero-order chi connectivity index (χ0) is 24.4. The summed E-state index contributed by atoms with van der Waals surface area (Å²) < 4.78 is 5.19. The van der Waals surface area contributed by atoms with Crippen LogP contribution < -0.4 is 20.7 Å². The van der Waals surface area contributed by atoms with E-state index in [4.69, 9.17) is 16.3 Å². The molecule has 5 rings (SSSR count). The number of carbonyl (C=O) groups excluding carboxylic acids is 2. The number of nitrogens with zero attached hydrogens (tertiary/aromatic N) is 2. The SMILES string of the molecule is COc1cccc(NC(=O)c2ccc(Nc3ncc4c(n3)-c3ccc(Cl)cc3NC(=O)C4)cc2)c1. The summed E-state index contributed by atoms with van der Waals surface area (Å²) in [6.07, 6.45) is 1.81. The van der Waals surface area contributed by atoms with Gasteiger partial charge in [-0.3, -0.25) is 9.59 Å². The number of rotatable bonds is 5. The van der Waals surface area contributed by atoms with E-state index in [2.05, 4.69) is 25.9 Å². The maximum atomic E-state index is 12.6. The van der Waals surface area contributed by atoms with Gasteiger partial charge in [-0.25, -0.2) is 9.97 Å². The lowest BCUT2D eigenvalue weighted by atomic mass is 10.1. The highest BCUT2D eigenvalue weighted by Gasteiger charge is 2.21. The Bertz CT molecular complexity index is 1440. The van der Waals surface area contributed by atoms with Crippen molar-refractivity contribution in [3.05, 3.63) is 89.1 Å². The van der Waals surface area contributed by atoms with E-state index in [1.165, 1.54) is 0 Å². The number of hydrogen-bond donors (Lipinski definition) is 3. The standard InChI is InChI=1S/C26H20ClN5O3/c1-35-20-4-2-3-19(13-20)29-25(34)15-5-8-18(9-6-15)30-26-28-14-16-11-23(33)31-22-12-17(27)7-10-21(22)24(16)32-26/h2-10,12-14H,11H2,1H3,(H,29,34)(H,31,33)(H,28,30,32). The van der Waals surface area contributed by atoms with Crippen molar-refractivity contribution in [2.45, 2.75) is 6.42 Å². The topological polar surface area (TPSA) is 105 Å². The third-order valence-corrected chi connectivity index (χ3v) is 5.69. The molecule has 3 N–H and O–H groups in total. The summed E-state index contributed by atoms with van der Waals surface area (Å²) in [4.78, 5) is 33.9. The van der Waals surface area contributed by atoms with E-state index in [1.807, 2.05) is 12.1 Å².